The van der Waals surface area contributed by atoms with Crippen LogP contribution in [0.3, 0.4) is 0 Å². The van der Waals surface area contributed by atoms with Crippen molar-refractivity contribution in [3.63, 3.8) is 0 Å². The molecule has 0 amide bonds. The lowest BCUT2D eigenvalue weighted by Gasteiger charge is -2.29. The van der Waals surface area contributed by atoms with Crippen LogP contribution in [-0.4, -0.2) is 32.3 Å². The highest BCUT2D eigenvalue weighted by Crippen LogP contribution is 2.27. The van der Waals surface area contributed by atoms with Gasteiger partial charge in [0, 0.05) is 49.7 Å². The van der Waals surface area contributed by atoms with Gasteiger partial charge in [0.2, 0.25) is 0 Å². The second-order valence-corrected chi connectivity index (χ2v) is 7.44. The topological polar surface area (TPSA) is 63.2 Å². The molecule has 4 rings (SSSR count). The first kappa shape index (κ1) is 20.2. The molecule has 0 radical (unpaired) electrons. The first-order chi connectivity index (χ1) is 14.2. The molecule has 0 unspecified atom stereocenters. The minimum absolute atomic E-state index is 0.173. The predicted molar refractivity (Wildman–Crippen MR) is 105 cm³/mol. The maximum atomic E-state index is 12.9. The van der Waals surface area contributed by atoms with Gasteiger partial charge in [-0.1, -0.05) is 12.1 Å². The minimum Gasteiger partial charge on any atom is -0.406 e. The van der Waals surface area contributed by atoms with Crippen LogP contribution in [0.15, 0.2) is 41.3 Å². The molecule has 30 heavy (non-hydrogen) atoms. The zero-order valence-corrected chi connectivity index (χ0v) is 16.6. The van der Waals surface area contributed by atoms with Gasteiger partial charge in [0.05, 0.1) is 6.54 Å². The van der Waals surface area contributed by atoms with E-state index in [1.54, 1.807) is 17.8 Å². The summed E-state index contributed by atoms with van der Waals surface area (Å²) in [6, 6.07) is 7.21. The number of nitrogens with one attached hydrogen (secondary N) is 1. The molecule has 1 N–H and O–H groups in total. The number of pyridine rings is 1. The summed E-state index contributed by atoms with van der Waals surface area (Å²) in [5.41, 5.74) is 3.83. The van der Waals surface area contributed by atoms with Gasteiger partial charge in [0.15, 0.2) is 0 Å². The summed E-state index contributed by atoms with van der Waals surface area (Å²) in [6.45, 7) is 4.10. The molecule has 0 saturated carbocycles. The van der Waals surface area contributed by atoms with Crippen molar-refractivity contribution in [3.8, 4) is 16.9 Å². The molecule has 0 bridgehead atoms. The van der Waals surface area contributed by atoms with Crippen molar-refractivity contribution in [2.45, 2.75) is 32.8 Å². The van der Waals surface area contributed by atoms with Crippen LogP contribution in [0.2, 0.25) is 0 Å². The van der Waals surface area contributed by atoms with Gasteiger partial charge in [-0.25, -0.2) is 4.98 Å². The Morgan fingerprint density at radius 3 is 2.60 bits per heavy atom. The summed E-state index contributed by atoms with van der Waals surface area (Å²) in [5, 5.41) is 0. The van der Waals surface area contributed by atoms with E-state index in [0.29, 0.717) is 24.2 Å². The largest absolute Gasteiger partial charge is 0.573 e. The molecular formula is C21H21F3N4O2. The minimum atomic E-state index is -4.75. The van der Waals surface area contributed by atoms with E-state index in [1.165, 1.54) is 24.3 Å². The van der Waals surface area contributed by atoms with Crippen LogP contribution in [0.1, 0.15) is 22.8 Å². The summed E-state index contributed by atoms with van der Waals surface area (Å²) in [5.74, 6) is 0.571. The number of fused-ring (bicyclic) bond motifs is 1. The molecule has 158 valence electrons. The molecule has 0 saturated heterocycles. The lowest BCUT2D eigenvalue weighted by molar-refractivity contribution is -0.274. The van der Waals surface area contributed by atoms with Crippen LogP contribution >= 0.6 is 0 Å². The zero-order valence-electron chi connectivity index (χ0n) is 16.6. The van der Waals surface area contributed by atoms with E-state index in [9.17, 15) is 18.0 Å². The van der Waals surface area contributed by atoms with Crippen LogP contribution in [0, 0.1) is 6.92 Å². The number of ether oxygens (including phenoxy) is 1. The molecule has 3 heterocycles. The second-order valence-electron chi connectivity index (χ2n) is 7.44. The maximum absolute atomic E-state index is 12.9. The first-order valence-corrected chi connectivity index (χ1v) is 9.50. The molecule has 9 heteroatoms. The van der Waals surface area contributed by atoms with E-state index in [-0.39, 0.29) is 11.3 Å². The van der Waals surface area contributed by atoms with Gasteiger partial charge < -0.3 is 14.3 Å². The summed E-state index contributed by atoms with van der Waals surface area (Å²) < 4.78 is 42.7. The number of halogens is 3. The number of aromatic nitrogens is 3. The molecule has 0 atom stereocenters. The Balaban J connectivity index is 1.61. The Morgan fingerprint density at radius 1 is 1.23 bits per heavy atom. The van der Waals surface area contributed by atoms with Crippen molar-refractivity contribution < 1.29 is 17.9 Å². The van der Waals surface area contributed by atoms with Crippen LogP contribution in [-0.2, 0) is 26.6 Å². The predicted octanol–water partition coefficient (Wildman–Crippen LogP) is 3.54. The monoisotopic (exact) mass is 418 g/mol. The number of nitrogens with zero attached hydrogens (tertiary/aromatic N) is 3. The van der Waals surface area contributed by atoms with E-state index < -0.39 is 6.36 Å². The number of hydrogen-bond acceptors (Lipinski definition) is 4. The van der Waals surface area contributed by atoms with Crippen molar-refractivity contribution in [1.82, 2.24) is 19.4 Å². The van der Waals surface area contributed by atoms with E-state index >= 15 is 0 Å². The molecule has 1 aliphatic heterocycles. The summed E-state index contributed by atoms with van der Waals surface area (Å²) in [7, 11) is 1.73. The van der Waals surface area contributed by atoms with Gasteiger partial charge in [0.1, 0.15) is 11.6 Å². The van der Waals surface area contributed by atoms with Gasteiger partial charge in [-0.05, 0) is 36.2 Å². The third-order valence-corrected chi connectivity index (χ3v) is 5.22. The van der Waals surface area contributed by atoms with Crippen LogP contribution in [0.25, 0.3) is 11.1 Å². The molecule has 2 aromatic heterocycles. The normalized spacial score (nSPS) is 14.6. The highest BCUT2D eigenvalue weighted by Gasteiger charge is 2.31. The number of benzene rings is 1. The van der Waals surface area contributed by atoms with Gasteiger partial charge in [-0.3, -0.25) is 9.69 Å². The number of hydrogen-bond donors (Lipinski definition) is 1. The highest BCUT2D eigenvalue weighted by atomic mass is 19.4. The van der Waals surface area contributed by atoms with E-state index in [1.807, 2.05) is 13.0 Å². The molecule has 0 fully saturated rings. The quantitative estimate of drug-likeness (QED) is 0.704. The molecule has 1 aromatic carbocycles. The van der Waals surface area contributed by atoms with Gasteiger partial charge in [-0.2, -0.15) is 0 Å². The fourth-order valence-electron chi connectivity index (χ4n) is 3.82. The Kier molecular flexibility index (Phi) is 5.15. The maximum Gasteiger partial charge on any atom is 0.573 e. The summed E-state index contributed by atoms with van der Waals surface area (Å²) in [6.07, 6.45) is -2.22. The van der Waals surface area contributed by atoms with Crippen LogP contribution in [0.5, 0.6) is 5.75 Å². The molecular weight excluding hydrogens is 397 g/mol. The Hall–Kier alpha value is -3.07. The molecule has 6 nitrogen and oxygen atoms in total. The van der Waals surface area contributed by atoms with Gasteiger partial charge in [0.25, 0.3) is 5.56 Å². The van der Waals surface area contributed by atoms with Gasteiger partial charge >= 0.3 is 6.36 Å². The van der Waals surface area contributed by atoms with Gasteiger partial charge in [-0.15, -0.1) is 13.2 Å². The smallest absolute Gasteiger partial charge is 0.406 e. The van der Waals surface area contributed by atoms with E-state index in [2.05, 4.69) is 19.6 Å². The lowest BCUT2D eigenvalue weighted by Crippen LogP contribution is -2.35. The number of H-pyrrole nitrogens is 1. The van der Waals surface area contributed by atoms with Crippen molar-refractivity contribution >= 4 is 0 Å². The lowest BCUT2D eigenvalue weighted by atomic mass is 9.99. The first-order valence-electron chi connectivity index (χ1n) is 9.50. The Morgan fingerprint density at radius 2 is 1.97 bits per heavy atom. The Bertz CT molecular complexity index is 1120. The van der Waals surface area contributed by atoms with Crippen molar-refractivity contribution in [3.05, 3.63) is 69.7 Å². The standard InChI is InChI=1S/C21H21F3N4O2/c1-13-10-25-19(26-13)12-28-8-7-18-15(11-28)9-17(20(29)27(18)2)14-3-5-16(6-4-14)30-21(22,23)24/h3-6,9-10H,7-8,11-12H2,1-2H3,(H,25,26). The molecule has 0 spiro atoms. The van der Waals surface area contributed by atoms with Crippen molar-refractivity contribution in [2.75, 3.05) is 6.54 Å². The Labute approximate surface area is 170 Å². The van der Waals surface area contributed by atoms with Crippen LogP contribution in [0.4, 0.5) is 13.2 Å². The summed E-state index contributed by atoms with van der Waals surface area (Å²) >= 11 is 0. The SMILES string of the molecule is Cc1cnc(CN2CCc3c(cc(-c4ccc(OC(F)(F)F)cc4)c(=O)n3C)C2)[nH]1. The molecule has 3 aromatic rings. The number of alkyl halides is 3. The van der Waals surface area contributed by atoms with Crippen LogP contribution < -0.4 is 10.3 Å². The average molecular weight is 418 g/mol. The molecule has 0 aliphatic carbocycles. The van der Waals surface area contributed by atoms with Crippen molar-refractivity contribution in [1.29, 1.82) is 0 Å². The average Bonchev–Trinajstić information content (AvgIpc) is 3.09. The molecule has 1 aliphatic rings. The third kappa shape index (κ3) is 4.25. The third-order valence-electron chi connectivity index (χ3n) is 5.22. The number of aryl methyl sites for hydroxylation is 1. The number of aromatic amines is 1. The zero-order chi connectivity index (χ0) is 21.5. The van der Waals surface area contributed by atoms with Crippen molar-refractivity contribution in [2.24, 2.45) is 7.05 Å². The van der Waals surface area contributed by atoms with E-state index in [0.717, 1.165) is 35.7 Å². The second kappa shape index (κ2) is 7.64. The fraction of sp³-hybridized carbons (Fsp3) is 0.333. The number of rotatable bonds is 4. The fourth-order valence-corrected chi connectivity index (χ4v) is 3.82. The highest BCUT2D eigenvalue weighted by molar-refractivity contribution is 5.64. The summed E-state index contributed by atoms with van der Waals surface area (Å²) in [4.78, 5) is 22.7. The van der Waals surface area contributed by atoms with E-state index in [4.69, 9.17) is 0 Å². The number of imidazole rings is 1.